The maximum absolute atomic E-state index is 6.52. The molecule has 0 saturated heterocycles. The lowest BCUT2D eigenvalue weighted by molar-refractivity contribution is 0.185. The number of allylic oxidation sites excluding steroid dienone is 2. The van der Waals surface area contributed by atoms with Crippen LogP contribution < -0.4 is 0 Å². The fraction of sp³-hybridized carbons (Fsp3) is 0.905. The SMILES string of the molecule is CCCCCC1CCC(C(=CCOCC=C(C2CCC(C)CC2)C2CCC(CCCCC)CC2)C2CCC(C)CC2)CC1. The van der Waals surface area contributed by atoms with Gasteiger partial charge in [0.25, 0.3) is 0 Å². The Bertz CT molecular complexity index is 710. The molecule has 43 heavy (non-hydrogen) atoms. The van der Waals surface area contributed by atoms with Crippen LogP contribution in [0.4, 0.5) is 0 Å². The average Bonchev–Trinajstić information content (AvgIpc) is 3.03. The molecule has 0 spiro atoms. The molecule has 1 nitrogen and oxygen atoms in total. The van der Waals surface area contributed by atoms with Crippen molar-refractivity contribution in [2.75, 3.05) is 13.2 Å². The highest BCUT2D eigenvalue weighted by Gasteiger charge is 2.31. The quantitative estimate of drug-likeness (QED) is 0.128. The summed E-state index contributed by atoms with van der Waals surface area (Å²) in [7, 11) is 0. The van der Waals surface area contributed by atoms with Crippen molar-refractivity contribution in [3.05, 3.63) is 23.3 Å². The van der Waals surface area contributed by atoms with Crippen LogP contribution in [0.3, 0.4) is 0 Å². The maximum Gasteiger partial charge on any atom is 0.0654 e. The van der Waals surface area contributed by atoms with Crippen molar-refractivity contribution < 1.29 is 4.74 Å². The third-order valence-corrected chi connectivity index (χ3v) is 12.9. The van der Waals surface area contributed by atoms with Gasteiger partial charge in [0, 0.05) is 0 Å². The minimum absolute atomic E-state index is 0.837. The molecule has 4 rings (SSSR count). The van der Waals surface area contributed by atoms with E-state index in [0.29, 0.717) is 0 Å². The van der Waals surface area contributed by atoms with Gasteiger partial charge in [-0.25, -0.2) is 0 Å². The molecule has 4 saturated carbocycles. The Balaban J connectivity index is 1.33. The Hall–Kier alpha value is -0.560. The van der Waals surface area contributed by atoms with Crippen LogP contribution >= 0.6 is 0 Å². The maximum atomic E-state index is 6.52. The van der Waals surface area contributed by atoms with Crippen LogP contribution in [-0.4, -0.2) is 13.2 Å². The lowest BCUT2D eigenvalue weighted by atomic mass is 9.69. The summed E-state index contributed by atoms with van der Waals surface area (Å²) >= 11 is 0. The molecule has 0 amide bonds. The molecule has 4 aliphatic rings. The molecule has 0 bridgehead atoms. The second-order valence-corrected chi connectivity index (χ2v) is 16.3. The molecule has 0 aromatic heterocycles. The van der Waals surface area contributed by atoms with E-state index < -0.39 is 0 Å². The number of rotatable bonds is 16. The summed E-state index contributed by atoms with van der Waals surface area (Å²) in [5.74, 6) is 7.23. The number of ether oxygens (including phenoxy) is 1. The van der Waals surface area contributed by atoms with Gasteiger partial charge < -0.3 is 4.74 Å². The Morgan fingerprint density at radius 3 is 1.12 bits per heavy atom. The molecule has 4 fully saturated rings. The third kappa shape index (κ3) is 12.0. The van der Waals surface area contributed by atoms with Crippen molar-refractivity contribution in [1.29, 1.82) is 0 Å². The summed E-state index contributed by atoms with van der Waals surface area (Å²) in [6.45, 7) is 11.3. The van der Waals surface area contributed by atoms with Gasteiger partial charge in [-0.2, -0.15) is 0 Å². The highest BCUT2D eigenvalue weighted by molar-refractivity contribution is 5.15. The molecule has 248 valence electrons. The van der Waals surface area contributed by atoms with Gasteiger partial charge in [0.05, 0.1) is 13.2 Å². The fourth-order valence-electron chi connectivity index (χ4n) is 9.83. The normalized spacial score (nSPS) is 34.8. The molecule has 0 unspecified atom stereocenters. The second-order valence-electron chi connectivity index (χ2n) is 16.3. The van der Waals surface area contributed by atoms with E-state index in [-0.39, 0.29) is 0 Å². The van der Waals surface area contributed by atoms with E-state index in [1.54, 1.807) is 0 Å². The van der Waals surface area contributed by atoms with Gasteiger partial charge in [0.15, 0.2) is 0 Å². The molecule has 0 aromatic rings. The Kier molecular flexibility index (Phi) is 16.3. The summed E-state index contributed by atoms with van der Waals surface area (Å²) in [6.07, 6.45) is 39.8. The van der Waals surface area contributed by atoms with E-state index in [0.717, 1.165) is 60.6 Å². The van der Waals surface area contributed by atoms with Crippen LogP contribution in [0.2, 0.25) is 0 Å². The van der Waals surface area contributed by atoms with Crippen LogP contribution in [-0.2, 0) is 4.74 Å². The molecule has 0 N–H and O–H groups in total. The van der Waals surface area contributed by atoms with E-state index in [1.165, 1.54) is 154 Å². The largest absolute Gasteiger partial charge is 0.373 e. The summed E-state index contributed by atoms with van der Waals surface area (Å²) in [5, 5.41) is 0. The van der Waals surface area contributed by atoms with Gasteiger partial charge in [-0.3, -0.25) is 0 Å². The van der Waals surface area contributed by atoms with Gasteiger partial charge in [-0.1, -0.05) is 128 Å². The van der Waals surface area contributed by atoms with Crippen molar-refractivity contribution in [1.82, 2.24) is 0 Å². The molecule has 1 heteroatoms. The van der Waals surface area contributed by atoms with Crippen LogP contribution in [0.5, 0.6) is 0 Å². The van der Waals surface area contributed by atoms with Crippen LogP contribution in [0.15, 0.2) is 23.3 Å². The number of hydrogen-bond acceptors (Lipinski definition) is 1. The van der Waals surface area contributed by atoms with E-state index in [4.69, 9.17) is 4.74 Å². The molecule has 0 atom stereocenters. The Morgan fingerprint density at radius 2 is 0.791 bits per heavy atom. The second kappa shape index (κ2) is 19.8. The molecule has 0 heterocycles. The van der Waals surface area contributed by atoms with Gasteiger partial charge >= 0.3 is 0 Å². The van der Waals surface area contributed by atoms with E-state index in [9.17, 15) is 0 Å². The zero-order chi connectivity index (χ0) is 30.3. The molecular formula is C42H74O. The molecule has 0 aliphatic heterocycles. The van der Waals surface area contributed by atoms with Crippen molar-refractivity contribution >= 4 is 0 Å². The Labute approximate surface area is 269 Å². The van der Waals surface area contributed by atoms with Crippen LogP contribution in [0, 0.1) is 47.3 Å². The molecule has 4 aliphatic carbocycles. The summed E-state index contributed by atoms with van der Waals surface area (Å²) < 4.78 is 6.52. The first-order valence-electron chi connectivity index (χ1n) is 20.0. The van der Waals surface area contributed by atoms with Gasteiger partial charge in [-0.05, 0) is 124 Å². The number of unbranched alkanes of at least 4 members (excludes halogenated alkanes) is 4. The first kappa shape index (κ1) is 35.3. The molecular weight excluding hydrogens is 520 g/mol. The summed E-state index contributed by atoms with van der Waals surface area (Å²) in [5.41, 5.74) is 3.65. The van der Waals surface area contributed by atoms with Crippen molar-refractivity contribution in [2.45, 2.75) is 182 Å². The first-order valence-corrected chi connectivity index (χ1v) is 20.0. The monoisotopic (exact) mass is 595 g/mol. The summed E-state index contributed by atoms with van der Waals surface area (Å²) in [4.78, 5) is 0. The van der Waals surface area contributed by atoms with Gasteiger partial charge in [0.1, 0.15) is 0 Å². The topological polar surface area (TPSA) is 9.23 Å². The zero-order valence-corrected chi connectivity index (χ0v) is 29.6. The molecule has 0 aromatic carbocycles. The van der Waals surface area contributed by atoms with Crippen LogP contribution in [0.1, 0.15) is 182 Å². The third-order valence-electron chi connectivity index (χ3n) is 12.9. The van der Waals surface area contributed by atoms with E-state index >= 15 is 0 Å². The Morgan fingerprint density at radius 1 is 0.465 bits per heavy atom. The fourth-order valence-corrected chi connectivity index (χ4v) is 9.83. The van der Waals surface area contributed by atoms with Crippen molar-refractivity contribution in [3.8, 4) is 0 Å². The van der Waals surface area contributed by atoms with Crippen LogP contribution in [0.25, 0.3) is 0 Å². The predicted octanol–water partition coefficient (Wildman–Crippen LogP) is 13.3. The minimum Gasteiger partial charge on any atom is -0.373 e. The lowest BCUT2D eigenvalue weighted by Gasteiger charge is -2.36. The van der Waals surface area contributed by atoms with Gasteiger partial charge in [-0.15, -0.1) is 0 Å². The lowest BCUT2D eigenvalue weighted by Crippen LogP contribution is -2.24. The summed E-state index contributed by atoms with van der Waals surface area (Å²) in [6, 6.07) is 0. The number of hydrogen-bond donors (Lipinski definition) is 0. The van der Waals surface area contributed by atoms with Gasteiger partial charge in [0.2, 0.25) is 0 Å². The smallest absolute Gasteiger partial charge is 0.0654 e. The zero-order valence-electron chi connectivity index (χ0n) is 29.6. The minimum atomic E-state index is 0.837. The van der Waals surface area contributed by atoms with Crippen molar-refractivity contribution in [2.24, 2.45) is 47.3 Å². The van der Waals surface area contributed by atoms with E-state index in [2.05, 4.69) is 39.8 Å². The molecule has 0 radical (unpaired) electrons. The standard InChI is InChI=1S/C42H74O/c1-5-7-9-11-35-17-25-39(26-18-35)41(37-21-13-33(3)14-22-37)29-31-43-32-30-42(38-23-15-34(4)16-24-38)40-27-19-36(20-28-40)12-10-8-6-2/h29-30,33-40H,5-28,31-32H2,1-4H3. The highest BCUT2D eigenvalue weighted by atomic mass is 16.5. The first-order chi connectivity index (χ1) is 21.1. The average molecular weight is 595 g/mol. The highest BCUT2D eigenvalue weighted by Crippen LogP contribution is 2.44. The predicted molar refractivity (Wildman–Crippen MR) is 188 cm³/mol. The van der Waals surface area contributed by atoms with E-state index in [1.807, 2.05) is 11.1 Å². The van der Waals surface area contributed by atoms with Crippen molar-refractivity contribution in [3.63, 3.8) is 0 Å².